The van der Waals surface area contributed by atoms with Gasteiger partial charge in [-0.15, -0.1) is 0 Å². The molecule has 0 radical (unpaired) electrons. The first-order valence-corrected chi connectivity index (χ1v) is 10.0. The van der Waals surface area contributed by atoms with Crippen LogP contribution in [0.2, 0.25) is 10.0 Å². The first-order chi connectivity index (χ1) is 14.7. The van der Waals surface area contributed by atoms with Crippen molar-refractivity contribution in [2.24, 2.45) is 0 Å². The van der Waals surface area contributed by atoms with E-state index in [4.69, 9.17) is 39.8 Å². The van der Waals surface area contributed by atoms with Crippen LogP contribution >= 0.6 is 35.4 Å². The van der Waals surface area contributed by atoms with Crippen LogP contribution in [0.1, 0.15) is 31.3 Å². The summed E-state index contributed by atoms with van der Waals surface area (Å²) >= 11 is 17.1. The highest BCUT2D eigenvalue weighted by molar-refractivity contribution is 7.80. The highest BCUT2D eigenvalue weighted by atomic mass is 35.5. The molecule has 0 unspecified atom stereocenters. The summed E-state index contributed by atoms with van der Waals surface area (Å²) in [5.74, 6) is -0.840. The van der Waals surface area contributed by atoms with E-state index in [1.165, 1.54) is 25.2 Å². The third-order valence-corrected chi connectivity index (χ3v) is 5.55. The van der Waals surface area contributed by atoms with Crippen molar-refractivity contribution in [3.63, 3.8) is 0 Å². The van der Waals surface area contributed by atoms with Gasteiger partial charge in [-0.25, -0.2) is 0 Å². The Hall–Kier alpha value is -3.20. The van der Waals surface area contributed by atoms with E-state index in [1.807, 2.05) is 0 Å². The van der Waals surface area contributed by atoms with E-state index in [0.29, 0.717) is 32.6 Å². The first kappa shape index (κ1) is 21.0. The van der Waals surface area contributed by atoms with Gasteiger partial charge in [-0.05, 0) is 60.7 Å². The Bertz CT molecular complexity index is 1270. The lowest BCUT2D eigenvalue weighted by Gasteiger charge is -2.09. The lowest BCUT2D eigenvalue weighted by Crippen LogP contribution is -2.33. The minimum absolute atomic E-state index is 0.00237. The molecule has 7 nitrogen and oxygen atoms in total. The zero-order valence-electron chi connectivity index (χ0n) is 15.9. The molecular formula is C21H13Cl2N3O4S. The summed E-state index contributed by atoms with van der Waals surface area (Å²) in [6.45, 7) is 0. The SMILES string of the molecule is CN1C(=O)c2ccc(NC(=S)NC(=O)c3ccc(-c4ccc(Cl)c(Cl)c4)o3)cc2C1=O. The Morgan fingerprint density at radius 1 is 0.968 bits per heavy atom. The van der Waals surface area contributed by atoms with Crippen molar-refractivity contribution < 1.29 is 18.8 Å². The monoisotopic (exact) mass is 473 g/mol. The summed E-state index contributed by atoms with van der Waals surface area (Å²) in [4.78, 5) is 37.6. The largest absolute Gasteiger partial charge is 0.451 e. The van der Waals surface area contributed by atoms with E-state index in [-0.39, 0.29) is 22.3 Å². The van der Waals surface area contributed by atoms with Crippen molar-refractivity contribution in [1.29, 1.82) is 0 Å². The number of amides is 3. The summed E-state index contributed by atoms with van der Waals surface area (Å²) in [7, 11) is 1.41. The minimum Gasteiger partial charge on any atom is -0.451 e. The molecular weight excluding hydrogens is 461 g/mol. The van der Waals surface area contributed by atoms with Gasteiger partial charge in [0.2, 0.25) is 0 Å². The van der Waals surface area contributed by atoms with Crippen LogP contribution in [-0.2, 0) is 0 Å². The Kier molecular flexibility index (Phi) is 5.53. The molecule has 0 aliphatic carbocycles. The third-order valence-electron chi connectivity index (χ3n) is 4.61. The van der Waals surface area contributed by atoms with E-state index in [2.05, 4.69) is 10.6 Å². The summed E-state index contributed by atoms with van der Waals surface area (Å²) in [6.07, 6.45) is 0. The van der Waals surface area contributed by atoms with E-state index >= 15 is 0 Å². The van der Waals surface area contributed by atoms with E-state index in [1.54, 1.807) is 30.3 Å². The number of hydrogen-bond acceptors (Lipinski definition) is 5. The zero-order chi connectivity index (χ0) is 22.3. The molecule has 156 valence electrons. The van der Waals surface area contributed by atoms with Crippen LogP contribution in [0.3, 0.4) is 0 Å². The Morgan fingerprint density at radius 2 is 1.71 bits per heavy atom. The number of anilines is 1. The molecule has 4 rings (SSSR count). The zero-order valence-corrected chi connectivity index (χ0v) is 18.2. The summed E-state index contributed by atoms with van der Waals surface area (Å²) in [6, 6.07) is 12.8. The van der Waals surface area contributed by atoms with Gasteiger partial charge in [-0.3, -0.25) is 24.6 Å². The Morgan fingerprint density at radius 3 is 2.45 bits per heavy atom. The fourth-order valence-electron chi connectivity index (χ4n) is 3.03. The molecule has 0 saturated carbocycles. The lowest BCUT2D eigenvalue weighted by atomic mass is 10.1. The molecule has 2 aromatic carbocycles. The molecule has 1 aliphatic rings. The van der Waals surface area contributed by atoms with Gasteiger partial charge >= 0.3 is 0 Å². The van der Waals surface area contributed by atoms with Crippen LogP contribution in [-0.4, -0.2) is 34.8 Å². The fraction of sp³-hybridized carbons (Fsp3) is 0.0476. The average molecular weight is 474 g/mol. The number of imide groups is 1. The Labute approximate surface area is 191 Å². The second-order valence-corrected chi connectivity index (χ2v) is 7.85. The molecule has 2 N–H and O–H groups in total. The summed E-state index contributed by atoms with van der Waals surface area (Å²) < 4.78 is 5.59. The molecule has 0 spiro atoms. The maximum absolute atomic E-state index is 12.5. The van der Waals surface area contributed by atoms with Crippen LogP contribution in [0, 0.1) is 0 Å². The highest BCUT2D eigenvalue weighted by Gasteiger charge is 2.32. The number of rotatable bonds is 3. The number of hydrogen-bond donors (Lipinski definition) is 2. The fourth-order valence-corrected chi connectivity index (χ4v) is 3.54. The van der Waals surface area contributed by atoms with Gasteiger partial charge in [0.15, 0.2) is 10.9 Å². The van der Waals surface area contributed by atoms with Crippen LogP contribution < -0.4 is 10.6 Å². The maximum Gasteiger partial charge on any atom is 0.293 e. The second kappa shape index (κ2) is 8.14. The number of halogens is 2. The maximum atomic E-state index is 12.5. The molecule has 2 heterocycles. The number of furan rings is 1. The van der Waals surface area contributed by atoms with Crippen LogP contribution in [0.15, 0.2) is 52.9 Å². The quantitative estimate of drug-likeness (QED) is 0.426. The van der Waals surface area contributed by atoms with E-state index < -0.39 is 11.8 Å². The van der Waals surface area contributed by atoms with Crippen molar-refractivity contribution >= 4 is 63.9 Å². The normalized spacial score (nSPS) is 12.7. The summed E-state index contributed by atoms with van der Waals surface area (Å²) in [5.41, 5.74) is 1.70. The van der Waals surface area contributed by atoms with E-state index in [0.717, 1.165) is 4.90 Å². The molecule has 3 aromatic rings. The van der Waals surface area contributed by atoms with Crippen molar-refractivity contribution in [2.45, 2.75) is 0 Å². The molecule has 3 amide bonds. The van der Waals surface area contributed by atoms with Gasteiger partial charge in [0, 0.05) is 18.3 Å². The molecule has 0 bridgehead atoms. The van der Waals surface area contributed by atoms with Crippen LogP contribution in [0.5, 0.6) is 0 Å². The van der Waals surface area contributed by atoms with Crippen molar-refractivity contribution in [1.82, 2.24) is 10.2 Å². The second-order valence-electron chi connectivity index (χ2n) is 6.63. The number of nitrogens with one attached hydrogen (secondary N) is 2. The lowest BCUT2D eigenvalue weighted by molar-refractivity contribution is 0.0692. The smallest absolute Gasteiger partial charge is 0.293 e. The minimum atomic E-state index is -0.559. The number of benzene rings is 2. The number of nitrogens with zero attached hydrogens (tertiary/aromatic N) is 1. The van der Waals surface area contributed by atoms with Gasteiger partial charge in [0.25, 0.3) is 17.7 Å². The number of thiocarbonyl (C=S) groups is 1. The van der Waals surface area contributed by atoms with Gasteiger partial charge in [0.05, 0.1) is 21.2 Å². The van der Waals surface area contributed by atoms with Crippen molar-refractivity contribution in [2.75, 3.05) is 12.4 Å². The molecule has 1 aromatic heterocycles. The topological polar surface area (TPSA) is 91.7 Å². The van der Waals surface area contributed by atoms with Crippen molar-refractivity contribution in [3.8, 4) is 11.3 Å². The number of carbonyl (C=O) groups excluding carboxylic acids is 3. The highest BCUT2D eigenvalue weighted by Crippen LogP contribution is 2.29. The van der Waals surface area contributed by atoms with Gasteiger partial charge in [-0.2, -0.15) is 0 Å². The predicted octanol–water partition coefficient (Wildman–Crippen LogP) is 4.61. The van der Waals surface area contributed by atoms with Crippen LogP contribution in [0.25, 0.3) is 11.3 Å². The first-order valence-electron chi connectivity index (χ1n) is 8.88. The molecule has 10 heteroatoms. The van der Waals surface area contributed by atoms with E-state index in [9.17, 15) is 14.4 Å². The number of fused-ring (bicyclic) bond motifs is 1. The van der Waals surface area contributed by atoms with Gasteiger partial charge in [-0.1, -0.05) is 23.2 Å². The average Bonchev–Trinajstić information content (AvgIpc) is 3.31. The van der Waals surface area contributed by atoms with Crippen LogP contribution in [0.4, 0.5) is 5.69 Å². The van der Waals surface area contributed by atoms with Gasteiger partial charge in [0.1, 0.15) is 5.76 Å². The third kappa shape index (κ3) is 4.05. The number of carbonyl (C=O) groups is 3. The molecule has 31 heavy (non-hydrogen) atoms. The van der Waals surface area contributed by atoms with Gasteiger partial charge < -0.3 is 9.73 Å². The molecule has 1 aliphatic heterocycles. The predicted molar refractivity (Wildman–Crippen MR) is 121 cm³/mol. The Balaban J connectivity index is 1.44. The molecule has 0 atom stereocenters. The molecule has 0 fully saturated rings. The van der Waals surface area contributed by atoms with Crippen molar-refractivity contribution in [3.05, 3.63) is 75.5 Å². The molecule has 0 saturated heterocycles. The summed E-state index contributed by atoms with van der Waals surface area (Å²) in [5, 5.41) is 6.11. The standard InChI is InChI=1S/C21H13Cl2N3O4S/c1-26-19(28)12-4-3-11(9-13(12)20(26)29)24-21(31)25-18(27)17-7-6-16(30-17)10-2-5-14(22)15(23)8-10/h2-9H,1H3,(H2,24,25,27,31).